The van der Waals surface area contributed by atoms with Gasteiger partial charge in [0.2, 0.25) is 0 Å². The second-order valence-electron chi connectivity index (χ2n) is 5.01. The molecule has 5 heteroatoms. The van der Waals surface area contributed by atoms with E-state index in [-0.39, 0.29) is 12.5 Å². The molecule has 0 aliphatic heterocycles. The number of nitrogens with one attached hydrogen (secondary N) is 1. The molecule has 2 heterocycles. The first-order valence-electron chi connectivity index (χ1n) is 6.85. The van der Waals surface area contributed by atoms with E-state index in [0.717, 1.165) is 16.5 Å². The summed E-state index contributed by atoms with van der Waals surface area (Å²) in [5, 5.41) is 3.62. The Labute approximate surface area is 126 Å². The van der Waals surface area contributed by atoms with Crippen LogP contribution in [0.15, 0.2) is 58.0 Å². The lowest BCUT2D eigenvalue weighted by atomic mass is 10.1. The number of amides is 1. The van der Waals surface area contributed by atoms with E-state index in [0.29, 0.717) is 11.1 Å². The summed E-state index contributed by atoms with van der Waals surface area (Å²) in [6.07, 6.45) is 3.10. The standard InChI is InChI=1S/C17H14N2O3/c1-11-4-5-15-14(7-11)13(8-16(20)22-15)10-19-17(21)12-3-2-6-18-9-12/h2-9H,10H2,1H3,(H,19,21). The Bertz CT molecular complexity index is 885. The van der Waals surface area contributed by atoms with Gasteiger partial charge < -0.3 is 9.73 Å². The van der Waals surface area contributed by atoms with Crippen molar-refractivity contribution in [2.45, 2.75) is 13.5 Å². The van der Waals surface area contributed by atoms with Gasteiger partial charge in [0.15, 0.2) is 0 Å². The first-order valence-corrected chi connectivity index (χ1v) is 6.85. The summed E-state index contributed by atoms with van der Waals surface area (Å²) in [6.45, 7) is 2.21. The van der Waals surface area contributed by atoms with Crippen molar-refractivity contribution in [1.82, 2.24) is 10.3 Å². The monoisotopic (exact) mass is 294 g/mol. The number of hydrogen-bond donors (Lipinski definition) is 1. The van der Waals surface area contributed by atoms with Crippen molar-refractivity contribution in [1.29, 1.82) is 0 Å². The average molecular weight is 294 g/mol. The van der Waals surface area contributed by atoms with Gasteiger partial charge in [-0.15, -0.1) is 0 Å². The quantitative estimate of drug-likeness (QED) is 0.753. The van der Waals surface area contributed by atoms with E-state index < -0.39 is 5.63 Å². The van der Waals surface area contributed by atoms with Crippen LogP contribution in [0.4, 0.5) is 0 Å². The van der Waals surface area contributed by atoms with Gasteiger partial charge in [-0.1, -0.05) is 11.6 Å². The van der Waals surface area contributed by atoms with E-state index in [1.54, 1.807) is 24.4 Å². The van der Waals surface area contributed by atoms with E-state index in [4.69, 9.17) is 4.42 Å². The molecule has 3 rings (SSSR count). The molecule has 0 unspecified atom stereocenters. The van der Waals surface area contributed by atoms with Crippen molar-refractivity contribution < 1.29 is 9.21 Å². The van der Waals surface area contributed by atoms with E-state index in [1.165, 1.54) is 12.3 Å². The molecule has 0 aliphatic carbocycles. The second kappa shape index (κ2) is 5.81. The van der Waals surface area contributed by atoms with Gasteiger partial charge in [0.05, 0.1) is 5.56 Å². The van der Waals surface area contributed by atoms with Crippen LogP contribution in [0.5, 0.6) is 0 Å². The van der Waals surface area contributed by atoms with E-state index in [2.05, 4.69) is 10.3 Å². The summed E-state index contributed by atoms with van der Waals surface area (Å²) in [5.41, 5.74) is 2.35. The summed E-state index contributed by atoms with van der Waals surface area (Å²) in [7, 11) is 0. The second-order valence-corrected chi connectivity index (χ2v) is 5.01. The van der Waals surface area contributed by atoms with Gasteiger partial charge in [-0.05, 0) is 36.8 Å². The molecule has 0 atom stereocenters. The molecule has 0 bridgehead atoms. The Hall–Kier alpha value is -2.95. The molecule has 0 aliphatic rings. The van der Waals surface area contributed by atoms with E-state index >= 15 is 0 Å². The molecule has 0 fully saturated rings. The highest BCUT2D eigenvalue weighted by molar-refractivity contribution is 5.94. The first-order chi connectivity index (χ1) is 10.6. The molecule has 22 heavy (non-hydrogen) atoms. The van der Waals surface area contributed by atoms with Crippen LogP contribution in [-0.4, -0.2) is 10.9 Å². The number of carbonyl (C=O) groups excluding carboxylic acids is 1. The fourth-order valence-electron chi connectivity index (χ4n) is 2.26. The van der Waals surface area contributed by atoms with Crippen LogP contribution in [0.25, 0.3) is 11.0 Å². The Morgan fingerprint density at radius 3 is 2.91 bits per heavy atom. The normalized spacial score (nSPS) is 10.6. The van der Waals surface area contributed by atoms with Crippen LogP contribution < -0.4 is 10.9 Å². The summed E-state index contributed by atoms with van der Waals surface area (Å²) >= 11 is 0. The fourth-order valence-corrected chi connectivity index (χ4v) is 2.26. The lowest BCUT2D eigenvalue weighted by Gasteiger charge is -2.08. The Balaban J connectivity index is 1.89. The number of benzene rings is 1. The van der Waals surface area contributed by atoms with Crippen molar-refractivity contribution in [2.24, 2.45) is 0 Å². The highest BCUT2D eigenvalue weighted by Gasteiger charge is 2.09. The molecule has 0 radical (unpaired) electrons. The van der Waals surface area contributed by atoms with Crippen LogP contribution in [0.3, 0.4) is 0 Å². The smallest absolute Gasteiger partial charge is 0.336 e. The number of nitrogens with zero attached hydrogens (tertiary/aromatic N) is 1. The van der Waals surface area contributed by atoms with Gasteiger partial charge in [0.25, 0.3) is 5.91 Å². The fraction of sp³-hybridized carbons (Fsp3) is 0.118. The van der Waals surface area contributed by atoms with Crippen molar-refractivity contribution in [3.8, 4) is 0 Å². The van der Waals surface area contributed by atoms with Crippen molar-refractivity contribution in [2.75, 3.05) is 0 Å². The van der Waals surface area contributed by atoms with Gasteiger partial charge in [-0.25, -0.2) is 4.79 Å². The predicted molar refractivity (Wildman–Crippen MR) is 82.6 cm³/mol. The number of fused-ring (bicyclic) bond motifs is 1. The molecule has 0 saturated heterocycles. The predicted octanol–water partition coefficient (Wildman–Crippen LogP) is 2.43. The average Bonchev–Trinajstić information content (AvgIpc) is 2.53. The minimum atomic E-state index is -0.429. The lowest BCUT2D eigenvalue weighted by Crippen LogP contribution is -2.23. The Morgan fingerprint density at radius 1 is 1.27 bits per heavy atom. The van der Waals surface area contributed by atoms with Gasteiger partial charge in [0, 0.05) is 30.4 Å². The summed E-state index contributed by atoms with van der Waals surface area (Å²) in [5.74, 6) is -0.234. The zero-order valence-corrected chi connectivity index (χ0v) is 12.0. The third-order valence-electron chi connectivity index (χ3n) is 3.35. The van der Waals surface area contributed by atoms with Gasteiger partial charge >= 0.3 is 5.63 Å². The topological polar surface area (TPSA) is 72.2 Å². The Kier molecular flexibility index (Phi) is 3.70. The first kappa shape index (κ1) is 14.0. The van der Waals surface area contributed by atoms with E-state index in [1.807, 2.05) is 19.1 Å². The number of aryl methyl sites for hydroxylation is 1. The molecule has 1 amide bonds. The third kappa shape index (κ3) is 2.88. The molecule has 2 aromatic heterocycles. The number of rotatable bonds is 3. The molecular formula is C17H14N2O3. The van der Waals surface area contributed by atoms with E-state index in [9.17, 15) is 9.59 Å². The van der Waals surface area contributed by atoms with Crippen LogP contribution in [-0.2, 0) is 6.54 Å². The third-order valence-corrected chi connectivity index (χ3v) is 3.35. The molecule has 0 spiro atoms. The van der Waals surface area contributed by atoms with Gasteiger partial charge in [-0.3, -0.25) is 9.78 Å². The molecule has 3 aromatic rings. The minimum absolute atomic E-state index is 0.234. The van der Waals surface area contributed by atoms with Crippen molar-refractivity contribution in [3.63, 3.8) is 0 Å². The summed E-state index contributed by atoms with van der Waals surface area (Å²) in [4.78, 5) is 27.6. The maximum atomic E-state index is 12.1. The molecule has 5 nitrogen and oxygen atoms in total. The SMILES string of the molecule is Cc1ccc2oc(=O)cc(CNC(=O)c3cccnc3)c2c1. The summed E-state index contributed by atoms with van der Waals surface area (Å²) < 4.78 is 5.17. The number of hydrogen-bond acceptors (Lipinski definition) is 4. The summed E-state index contributed by atoms with van der Waals surface area (Å²) in [6, 6.07) is 10.4. The minimum Gasteiger partial charge on any atom is -0.423 e. The number of aromatic nitrogens is 1. The molecule has 0 saturated carbocycles. The highest BCUT2D eigenvalue weighted by Crippen LogP contribution is 2.18. The highest BCUT2D eigenvalue weighted by atomic mass is 16.4. The van der Waals surface area contributed by atoms with Gasteiger partial charge in [0.1, 0.15) is 5.58 Å². The van der Waals surface area contributed by atoms with Crippen LogP contribution in [0.1, 0.15) is 21.5 Å². The lowest BCUT2D eigenvalue weighted by molar-refractivity contribution is 0.0950. The molecular weight excluding hydrogens is 280 g/mol. The maximum absolute atomic E-state index is 12.1. The molecule has 110 valence electrons. The van der Waals surface area contributed by atoms with Crippen molar-refractivity contribution >= 4 is 16.9 Å². The Morgan fingerprint density at radius 2 is 2.14 bits per heavy atom. The number of pyridine rings is 1. The van der Waals surface area contributed by atoms with Crippen LogP contribution in [0.2, 0.25) is 0 Å². The largest absolute Gasteiger partial charge is 0.423 e. The van der Waals surface area contributed by atoms with Crippen LogP contribution >= 0.6 is 0 Å². The zero-order valence-electron chi connectivity index (χ0n) is 12.0. The molecule has 1 N–H and O–H groups in total. The molecule has 1 aromatic carbocycles. The number of carbonyl (C=O) groups is 1. The van der Waals surface area contributed by atoms with Crippen molar-refractivity contribution in [3.05, 3.63) is 75.9 Å². The van der Waals surface area contributed by atoms with Crippen LogP contribution in [0, 0.1) is 6.92 Å². The maximum Gasteiger partial charge on any atom is 0.336 e. The zero-order chi connectivity index (χ0) is 15.5. The van der Waals surface area contributed by atoms with Gasteiger partial charge in [-0.2, -0.15) is 0 Å².